The summed E-state index contributed by atoms with van der Waals surface area (Å²) in [6.45, 7) is 10.4. The Hall–Kier alpha value is -2.92. The first-order valence-corrected chi connectivity index (χ1v) is 10.8. The number of ketones is 1. The van der Waals surface area contributed by atoms with Crippen LogP contribution in [0.15, 0.2) is 63.8 Å². The van der Waals surface area contributed by atoms with Gasteiger partial charge < -0.3 is 9.52 Å². The lowest BCUT2D eigenvalue weighted by atomic mass is 9.78. The molecule has 0 aliphatic carbocycles. The zero-order valence-electron chi connectivity index (χ0n) is 18.8. The normalized spacial score (nSPS) is 13.8. The number of hydrogen-bond acceptors (Lipinski definition) is 5. The molecule has 2 atom stereocenters. The minimum absolute atomic E-state index is 0.0351. The maximum absolute atomic E-state index is 13.1. The van der Waals surface area contributed by atoms with Crippen LogP contribution in [0.1, 0.15) is 51.7 Å². The minimum atomic E-state index is -0.625. The SMILES string of the molecule is CC(=O)[C@@H](CN(C(C)C)C(C)C)[C@@H](c1ccccc1)c1c(O)c2ccccc2oc1=O. The van der Waals surface area contributed by atoms with Gasteiger partial charge in [0.2, 0.25) is 0 Å². The van der Waals surface area contributed by atoms with Gasteiger partial charge in [0, 0.05) is 30.5 Å². The Kier molecular flexibility index (Phi) is 6.96. The van der Waals surface area contributed by atoms with Crippen LogP contribution in [-0.4, -0.2) is 34.4 Å². The van der Waals surface area contributed by atoms with Crippen molar-refractivity contribution >= 4 is 16.8 Å². The molecule has 0 bridgehead atoms. The molecule has 3 aromatic rings. The summed E-state index contributed by atoms with van der Waals surface area (Å²) in [5.74, 6) is -1.30. The molecule has 1 aromatic heterocycles. The van der Waals surface area contributed by atoms with Crippen LogP contribution in [-0.2, 0) is 4.79 Å². The molecule has 164 valence electrons. The summed E-state index contributed by atoms with van der Waals surface area (Å²) in [4.78, 5) is 28.3. The van der Waals surface area contributed by atoms with Crippen molar-refractivity contribution in [1.82, 2.24) is 4.90 Å². The molecule has 0 saturated heterocycles. The van der Waals surface area contributed by atoms with Crippen LogP contribution in [0.2, 0.25) is 0 Å². The number of rotatable bonds is 8. The molecular formula is C26H31NO4. The molecule has 0 saturated carbocycles. The van der Waals surface area contributed by atoms with Gasteiger partial charge in [-0.1, -0.05) is 42.5 Å². The van der Waals surface area contributed by atoms with Gasteiger partial charge in [-0.05, 0) is 52.3 Å². The second-order valence-corrected chi connectivity index (χ2v) is 8.64. The lowest BCUT2D eigenvalue weighted by Gasteiger charge is -2.36. The van der Waals surface area contributed by atoms with Crippen molar-refractivity contribution in [2.45, 2.75) is 52.6 Å². The molecule has 3 rings (SSSR count). The van der Waals surface area contributed by atoms with Gasteiger partial charge in [0.05, 0.1) is 10.9 Å². The molecule has 1 N–H and O–H groups in total. The molecule has 31 heavy (non-hydrogen) atoms. The molecule has 0 aliphatic rings. The average molecular weight is 422 g/mol. The van der Waals surface area contributed by atoms with Crippen molar-refractivity contribution in [3.63, 3.8) is 0 Å². The highest BCUT2D eigenvalue weighted by Gasteiger charge is 2.36. The molecule has 5 heteroatoms. The lowest BCUT2D eigenvalue weighted by molar-refractivity contribution is -0.122. The van der Waals surface area contributed by atoms with Crippen molar-refractivity contribution in [3.05, 3.63) is 76.1 Å². The Bertz CT molecular complexity index is 1090. The van der Waals surface area contributed by atoms with E-state index >= 15 is 0 Å². The number of fused-ring (bicyclic) bond motifs is 1. The molecule has 0 unspecified atom stereocenters. The molecule has 0 fully saturated rings. The number of benzene rings is 2. The van der Waals surface area contributed by atoms with E-state index in [0.717, 1.165) is 5.56 Å². The lowest BCUT2D eigenvalue weighted by Crippen LogP contribution is -2.44. The highest BCUT2D eigenvalue weighted by atomic mass is 16.4. The maximum Gasteiger partial charge on any atom is 0.343 e. The van der Waals surface area contributed by atoms with Crippen LogP contribution < -0.4 is 5.63 Å². The van der Waals surface area contributed by atoms with Crippen molar-refractivity contribution in [3.8, 4) is 5.75 Å². The number of carbonyl (C=O) groups is 1. The summed E-state index contributed by atoms with van der Waals surface area (Å²) in [6.07, 6.45) is 0. The maximum atomic E-state index is 13.1. The Labute approximate surface area is 183 Å². The molecule has 0 spiro atoms. The first kappa shape index (κ1) is 22.8. The van der Waals surface area contributed by atoms with E-state index in [0.29, 0.717) is 17.5 Å². The number of hydrogen-bond donors (Lipinski definition) is 1. The summed E-state index contributed by atoms with van der Waals surface area (Å²) in [7, 11) is 0. The monoisotopic (exact) mass is 421 g/mol. The Morgan fingerprint density at radius 2 is 1.55 bits per heavy atom. The molecule has 1 heterocycles. The summed E-state index contributed by atoms with van der Waals surface area (Å²) >= 11 is 0. The van der Waals surface area contributed by atoms with E-state index in [1.165, 1.54) is 0 Å². The summed E-state index contributed by atoms with van der Waals surface area (Å²) in [5.41, 5.74) is 0.647. The fourth-order valence-corrected chi connectivity index (χ4v) is 4.40. The van der Waals surface area contributed by atoms with Crippen LogP contribution >= 0.6 is 0 Å². The number of aromatic hydroxyl groups is 1. The van der Waals surface area contributed by atoms with E-state index in [1.807, 2.05) is 30.3 Å². The molecular weight excluding hydrogens is 390 g/mol. The second-order valence-electron chi connectivity index (χ2n) is 8.64. The Morgan fingerprint density at radius 1 is 0.968 bits per heavy atom. The van der Waals surface area contributed by atoms with Crippen molar-refractivity contribution in [2.24, 2.45) is 5.92 Å². The van der Waals surface area contributed by atoms with E-state index in [2.05, 4.69) is 32.6 Å². The third-order valence-electron chi connectivity index (χ3n) is 5.95. The van der Waals surface area contributed by atoms with Crippen LogP contribution in [0, 0.1) is 5.92 Å². The van der Waals surface area contributed by atoms with Crippen molar-refractivity contribution in [2.75, 3.05) is 6.54 Å². The molecule has 0 radical (unpaired) electrons. The zero-order valence-corrected chi connectivity index (χ0v) is 18.8. The number of carbonyl (C=O) groups excluding carboxylic acids is 1. The predicted molar refractivity (Wildman–Crippen MR) is 124 cm³/mol. The van der Waals surface area contributed by atoms with Gasteiger partial charge >= 0.3 is 5.63 Å². The highest BCUT2D eigenvalue weighted by Crippen LogP contribution is 2.39. The smallest absolute Gasteiger partial charge is 0.343 e. The van der Waals surface area contributed by atoms with Gasteiger partial charge in [0.1, 0.15) is 17.1 Å². The largest absolute Gasteiger partial charge is 0.507 e. The van der Waals surface area contributed by atoms with Crippen molar-refractivity contribution in [1.29, 1.82) is 0 Å². The quantitative estimate of drug-likeness (QED) is 0.521. The van der Waals surface area contributed by atoms with Gasteiger partial charge in [-0.15, -0.1) is 0 Å². The molecule has 2 aromatic carbocycles. The van der Waals surface area contributed by atoms with E-state index in [4.69, 9.17) is 4.42 Å². The number of Topliss-reactive ketones (excluding diaryl/α,β-unsaturated/α-hetero) is 1. The van der Waals surface area contributed by atoms with Gasteiger partial charge in [-0.25, -0.2) is 4.79 Å². The summed E-state index contributed by atoms with van der Waals surface area (Å²) < 4.78 is 5.57. The fourth-order valence-electron chi connectivity index (χ4n) is 4.40. The van der Waals surface area contributed by atoms with E-state index in [-0.39, 0.29) is 29.2 Å². The zero-order chi connectivity index (χ0) is 22.7. The molecule has 0 amide bonds. The number of para-hydroxylation sites is 1. The van der Waals surface area contributed by atoms with Gasteiger partial charge in [-0.3, -0.25) is 9.69 Å². The standard InChI is InChI=1S/C26H31NO4/c1-16(2)27(17(3)4)15-21(18(5)28)23(19-11-7-6-8-12-19)24-25(29)20-13-9-10-14-22(20)31-26(24)30/h6-14,16-17,21,23,29H,15H2,1-5H3/t21-,23-/m1/s1. The Balaban J connectivity index is 2.25. The molecule has 0 aliphatic heterocycles. The summed E-state index contributed by atoms with van der Waals surface area (Å²) in [6, 6.07) is 16.8. The van der Waals surface area contributed by atoms with Crippen LogP contribution in [0.5, 0.6) is 5.75 Å². The highest BCUT2D eigenvalue weighted by molar-refractivity contribution is 5.86. The first-order chi connectivity index (χ1) is 14.7. The summed E-state index contributed by atoms with van der Waals surface area (Å²) in [5, 5.41) is 11.6. The minimum Gasteiger partial charge on any atom is -0.507 e. The van der Waals surface area contributed by atoms with Gasteiger partial charge in [0.15, 0.2) is 0 Å². The van der Waals surface area contributed by atoms with Crippen molar-refractivity contribution < 1.29 is 14.3 Å². The van der Waals surface area contributed by atoms with Crippen LogP contribution in [0.4, 0.5) is 0 Å². The second kappa shape index (κ2) is 9.48. The topological polar surface area (TPSA) is 70.8 Å². The first-order valence-electron chi connectivity index (χ1n) is 10.8. The average Bonchev–Trinajstić information content (AvgIpc) is 2.72. The van der Waals surface area contributed by atoms with E-state index in [1.54, 1.807) is 31.2 Å². The van der Waals surface area contributed by atoms with Crippen LogP contribution in [0.25, 0.3) is 11.0 Å². The van der Waals surface area contributed by atoms with Gasteiger partial charge in [-0.2, -0.15) is 0 Å². The third kappa shape index (κ3) is 4.72. The van der Waals surface area contributed by atoms with Gasteiger partial charge in [0.25, 0.3) is 0 Å². The van der Waals surface area contributed by atoms with E-state index < -0.39 is 17.5 Å². The fraction of sp³-hybridized carbons (Fsp3) is 0.385. The predicted octanol–water partition coefficient (Wildman–Crippen LogP) is 4.95. The third-order valence-corrected chi connectivity index (χ3v) is 5.95. The number of nitrogens with zero attached hydrogens (tertiary/aromatic N) is 1. The Morgan fingerprint density at radius 3 is 2.13 bits per heavy atom. The van der Waals surface area contributed by atoms with Crippen LogP contribution in [0.3, 0.4) is 0 Å². The van der Waals surface area contributed by atoms with E-state index in [9.17, 15) is 14.7 Å². The molecule has 5 nitrogen and oxygen atoms in total.